The SMILES string of the molecule is O=C(O)c1cc(S(=O)(=O)N2CCN(C(=O)C3CCCO3)CC2)c(F)cc1Cl. The van der Waals surface area contributed by atoms with E-state index in [1.165, 1.54) is 4.90 Å². The number of carbonyl (C=O) groups excluding carboxylic acids is 1. The first-order valence-corrected chi connectivity index (χ1v) is 10.2. The van der Waals surface area contributed by atoms with Crippen LogP contribution in [0.4, 0.5) is 4.39 Å². The molecule has 1 aromatic carbocycles. The maximum absolute atomic E-state index is 14.2. The molecule has 1 N–H and O–H groups in total. The van der Waals surface area contributed by atoms with Crippen molar-refractivity contribution in [2.24, 2.45) is 0 Å². The van der Waals surface area contributed by atoms with Gasteiger partial charge in [-0.2, -0.15) is 4.31 Å². The molecule has 11 heteroatoms. The fraction of sp³-hybridized carbons (Fsp3) is 0.500. The molecule has 0 aromatic heterocycles. The Kier molecular flexibility index (Phi) is 5.71. The van der Waals surface area contributed by atoms with Crippen molar-refractivity contribution in [3.8, 4) is 0 Å². The normalized spacial score (nSPS) is 21.4. The quantitative estimate of drug-likeness (QED) is 0.784. The van der Waals surface area contributed by atoms with Crippen molar-refractivity contribution in [3.05, 3.63) is 28.5 Å². The predicted molar refractivity (Wildman–Crippen MR) is 92.7 cm³/mol. The Balaban J connectivity index is 1.76. The second-order valence-electron chi connectivity index (χ2n) is 6.30. The molecule has 1 amide bonds. The number of ether oxygens (including phenoxy) is 1. The fourth-order valence-electron chi connectivity index (χ4n) is 3.15. The summed E-state index contributed by atoms with van der Waals surface area (Å²) < 4.78 is 46.1. The van der Waals surface area contributed by atoms with E-state index < -0.39 is 38.4 Å². The van der Waals surface area contributed by atoms with Gasteiger partial charge in [0.1, 0.15) is 16.8 Å². The number of carbonyl (C=O) groups is 2. The Morgan fingerprint density at radius 3 is 2.44 bits per heavy atom. The Hall–Kier alpha value is -1.75. The van der Waals surface area contributed by atoms with Gasteiger partial charge < -0.3 is 14.7 Å². The lowest BCUT2D eigenvalue weighted by atomic mass is 10.2. The molecule has 0 aliphatic carbocycles. The zero-order valence-corrected chi connectivity index (χ0v) is 15.8. The van der Waals surface area contributed by atoms with Crippen LogP contribution in [0.1, 0.15) is 23.2 Å². The van der Waals surface area contributed by atoms with Crippen molar-refractivity contribution in [3.63, 3.8) is 0 Å². The van der Waals surface area contributed by atoms with Gasteiger partial charge in [-0.05, 0) is 25.0 Å². The first-order chi connectivity index (χ1) is 12.7. The number of hydrogen-bond acceptors (Lipinski definition) is 5. The second-order valence-corrected chi connectivity index (χ2v) is 8.61. The number of halogens is 2. The fourth-order valence-corrected chi connectivity index (χ4v) is 4.88. The first-order valence-electron chi connectivity index (χ1n) is 8.34. The van der Waals surface area contributed by atoms with Crippen LogP contribution >= 0.6 is 11.6 Å². The molecule has 1 unspecified atom stereocenters. The summed E-state index contributed by atoms with van der Waals surface area (Å²) in [5, 5.41) is 8.70. The molecule has 0 bridgehead atoms. The second kappa shape index (κ2) is 7.70. The van der Waals surface area contributed by atoms with E-state index >= 15 is 0 Å². The van der Waals surface area contributed by atoms with Crippen LogP contribution in [0.25, 0.3) is 0 Å². The van der Waals surface area contributed by atoms with Gasteiger partial charge in [0.05, 0.1) is 10.6 Å². The number of benzene rings is 1. The molecule has 0 radical (unpaired) electrons. The van der Waals surface area contributed by atoms with Crippen molar-refractivity contribution in [1.82, 2.24) is 9.21 Å². The molecule has 0 saturated carbocycles. The maximum atomic E-state index is 14.2. The molecule has 27 heavy (non-hydrogen) atoms. The Morgan fingerprint density at radius 1 is 1.22 bits per heavy atom. The van der Waals surface area contributed by atoms with Crippen LogP contribution < -0.4 is 0 Å². The predicted octanol–water partition coefficient (Wildman–Crippen LogP) is 1.19. The minimum absolute atomic E-state index is 0.0226. The number of aromatic carboxylic acids is 1. The third kappa shape index (κ3) is 3.93. The highest BCUT2D eigenvalue weighted by Crippen LogP contribution is 2.27. The maximum Gasteiger partial charge on any atom is 0.337 e. The zero-order valence-electron chi connectivity index (χ0n) is 14.2. The molecule has 1 aromatic rings. The molecule has 2 aliphatic rings. The highest BCUT2D eigenvalue weighted by molar-refractivity contribution is 7.89. The summed E-state index contributed by atoms with van der Waals surface area (Å²) in [6.07, 6.45) is 0.970. The summed E-state index contributed by atoms with van der Waals surface area (Å²) in [5.41, 5.74) is -0.496. The summed E-state index contributed by atoms with van der Waals surface area (Å²) in [6, 6.07) is 1.40. The van der Waals surface area contributed by atoms with E-state index in [-0.39, 0.29) is 37.1 Å². The number of rotatable bonds is 4. The molecule has 2 saturated heterocycles. The summed E-state index contributed by atoms with van der Waals surface area (Å²) in [4.78, 5) is 24.3. The average Bonchev–Trinajstić information content (AvgIpc) is 3.15. The van der Waals surface area contributed by atoms with Gasteiger partial charge in [-0.3, -0.25) is 4.79 Å². The van der Waals surface area contributed by atoms with Gasteiger partial charge in [0.25, 0.3) is 5.91 Å². The van der Waals surface area contributed by atoms with E-state index in [9.17, 15) is 22.4 Å². The third-order valence-electron chi connectivity index (χ3n) is 4.63. The monoisotopic (exact) mass is 420 g/mol. The van der Waals surface area contributed by atoms with Gasteiger partial charge in [0.2, 0.25) is 10.0 Å². The number of carboxylic acid groups (broad SMARTS) is 1. The van der Waals surface area contributed by atoms with E-state index in [0.29, 0.717) is 19.1 Å². The number of nitrogens with zero attached hydrogens (tertiary/aromatic N) is 2. The lowest BCUT2D eigenvalue weighted by molar-refractivity contribution is -0.142. The number of sulfonamides is 1. The molecule has 2 fully saturated rings. The van der Waals surface area contributed by atoms with Crippen LogP contribution in [0.3, 0.4) is 0 Å². The van der Waals surface area contributed by atoms with Crippen LogP contribution in [0, 0.1) is 5.82 Å². The van der Waals surface area contributed by atoms with Crippen molar-refractivity contribution in [2.75, 3.05) is 32.8 Å². The minimum atomic E-state index is -4.27. The Bertz CT molecular complexity index is 864. The van der Waals surface area contributed by atoms with Crippen molar-refractivity contribution in [2.45, 2.75) is 23.8 Å². The molecule has 148 valence electrons. The van der Waals surface area contributed by atoms with Gasteiger partial charge in [0.15, 0.2) is 0 Å². The van der Waals surface area contributed by atoms with Gasteiger partial charge in [0, 0.05) is 32.8 Å². The average molecular weight is 421 g/mol. The summed E-state index contributed by atoms with van der Waals surface area (Å²) in [5.74, 6) is -2.75. The number of amides is 1. The lowest BCUT2D eigenvalue weighted by Crippen LogP contribution is -2.52. The largest absolute Gasteiger partial charge is 0.478 e. The molecule has 1 atom stereocenters. The molecule has 2 aliphatic heterocycles. The Labute approximate surface area is 160 Å². The highest BCUT2D eigenvalue weighted by Gasteiger charge is 2.35. The van der Waals surface area contributed by atoms with Crippen molar-refractivity contribution in [1.29, 1.82) is 0 Å². The van der Waals surface area contributed by atoms with Crippen LogP contribution in [0.2, 0.25) is 5.02 Å². The first kappa shape index (κ1) is 20.0. The number of hydrogen-bond donors (Lipinski definition) is 1. The highest BCUT2D eigenvalue weighted by atomic mass is 35.5. The third-order valence-corrected chi connectivity index (χ3v) is 6.85. The molecular weight excluding hydrogens is 403 g/mol. The molecule has 0 spiro atoms. The van der Waals surface area contributed by atoms with E-state index in [0.717, 1.165) is 16.8 Å². The van der Waals surface area contributed by atoms with Crippen molar-refractivity contribution >= 4 is 33.5 Å². The van der Waals surface area contributed by atoms with Gasteiger partial charge >= 0.3 is 5.97 Å². The van der Waals surface area contributed by atoms with Gasteiger partial charge in [-0.25, -0.2) is 17.6 Å². The van der Waals surface area contributed by atoms with Crippen LogP contribution in [0.15, 0.2) is 17.0 Å². The van der Waals surface area contributed by atoms with E-state index in [2.05, 4.69) is 0 Å². The standard InChI is InChI=1S/C16H18ClFN2O6S/c17-11-9-12(18)14(8-10(11)16(22)23)27(24,25)20-5-3-19(4-6-20)15(21)13-2-1-7-26-13/h8-9,13H,1-7H2,(H,22,23). The molecule has 2 heterocycles. The van der Waals surface area contributed by atoms with E-state index in [4.69, 9.17) is 21.4 Å². The summed E-state index contributed by atoms with van der Waals surface area (Å²) in [6.45, 7) is 0.793. The zero-order chi connectivity index (χ0) is 19.8. The van der Waals surface area contributed by atoms with E-state index in [1.54, 1.807) is 0 Å². The Morgan fingerprint density at radius 2 is 1.89 bits per heavy atom. The van der Waals surface area contributed by atoms with Crippen LogP contribution in [-0.2, 0) is 19.6 Å². The lowest BCUT2D eigenvalue weighted by Gasteiger charge is -2.35. The molecule has 3 rings (SSSR count). The van der Waals surface area contributed by atoms with Crippen LogP contribution in [-0.4, -0.2) is 73.5 Å². The summed E-state index contributed by atoms with van der Waals surface area (Å²) in [7, 11) is -4.27. The van der Waals surface area contributed by atoms with Gasteiger partial charge in [-0.1, -0.05) is 11.6 Å². The van der Waals surface area contributed by atoms with Crippen molar-refractivity contribution < 1.29 is 32.2 Å². The molecular formula is C16H18ClFN2O6S. The minimum Gasteiger partial charge on any atom is -0.478 e. The smallest absolute Gasteiger partial charge is 0.337 e. The molecule has 8 nitrogen and oxygen atoms in total. The number of piperazine rings is 1. The van der Waals surface area contributed by atoms with E-state index in [1.807, 2.05) is 0 Å². The topological polar surface area (TPSA) is 104 Å². The van der Waals surface area contributed by atoms with Gasteiger partial charge in [-0.15, -0.1) is 0 Å². The van der Waals surface area contributed by atoms with Crippen LogP contribution in [0.5, 0.6) is 0 Å². The summed E-state index contributed by atoms with van der Waals surface area (Å²) >= 11 is 5.66. The number of carboxylic acids is 1.